The van der Waals surface area contributed by atoms with Crippen LogP contribution in [0.5, 0.6) is 5.75 Å². The summed E-state index contributed by atoms with van der Waals surface area (Å²) in [5, 5.41) is 4.81. The minimum Gasteiger partial charge on any atom is -0.497 e. The lowest BCUT2D eigenvalue weighted by Gasteiger charge is -2.18. The summed E-state index contributed by atoms with van der Waals surface area (Å²) in [5.41, 5.74) is 2.34. The predicted molar refractivity (Wildman–Crippen MR) is 99.9 cm³/mol. The van der Waals surface area contributed by atoms with Crippen LogP contribution in [0.2, 0.25) is 5.28 Å². The molecule has 1 aromatic carbocycles. The van der Waals surface area contributed by atoms with E-state index in [2.05, 4.69) is 22.2 Å². The van der Waals surface area contributed by atoms with Gasteiger partial charge in [0, 0.05) is 10.6 Å². The molecule has 124 valence electrons. The van der Waals surface area contributed by atoms with E-state index in [0.29, 0.717) is 0 Å². The van der Waals surface area contributed by atoms with Gasteiger partial charge in [-0.05, 0) is 66.6 Å². The Morgan fingerprint density at radius 3 is 2.79 bits per heavy atom. The molecule has 0 saturated heterocycles. The van der Waals surface area contributed by atoms with Gasteiger partial charge in [-0.2, -0.15) is 4.98 Å². The summed E-state index contributed by atoms with van der Waals surface area (Å²) in [6, 6.07) is 7.79. The molecule has 1 N–H and O–H groups in total. The molecule has 1 aliphatic rings. The Labute approximate surface area is 149 Å². The van der Waals surface area contributed by atoms with E-state index in [0.717, 1.165) is 46.2 Å². The standard InChI is InChI=1S/C18H18ClN3OS/c1-10-3-8-13-14(9-10)24-17-15(13)16(21-18(19)22-17)20-11-4-6-12(23-2)7-5-11/h4-7,10H,3,8-9H2,1-2H3,(H,20,21,22). The fraction of sp³-hybridized carbons (Fsp3) is 0.333. The number of rotatable bonds is 3. The van der Waals surface area contributed by atoms with Gasteiger partial charge in [-0.3, -0.25) is 0 Å². The molecule has 1 unspecified atom stereocenters. The number of halogens is 1. The molecule has 0 spiro atoms. The number of nitrogens with zero attached hydrogens (tertiary/aromatic N) is 2. The van der Waals surface area contributed by atoms with Crippen LogP contribution in [0.3, 0.4) is 0 Å². The molecule has 0 fully saturated rings. The minimum absolute atomic E-state index is 0.283. The summed E-state index contributed by atoms with van der Waals surface area (Å²) in [6.07, 6.45) is 3.41. The lowest BCUT2D eigenvalue weighted by atomic mass is 9.89. The van der Waals surface area contributed by atoms with E-state index >= 15 is 0 Å². The van der Waals surface area contributed by atoms with Crippen LogP contribution in [0.25, 0.3) is 10.2 Å². The summed E-state index contributed by atoms with van der Waals surface area (Å²) in [4.78, 5) is 11.3. The summed E-state index contributed by atoms with van der Waals surface area (Å²) >= 11 is 7.91. The van der Waals surface area contributed by atoms with Crippen molar-refractivity contribution in [3.05, 3.63) is 40.0 Å². The molecule has 1 aliphatic carbocycles. The molecule has 6 heteroatoms. The molecule has 4 nitrogen and oxygen atoms in total. The second-order valence-corrected chi connectivity index (χ2v) is 7.65. The minimum atomic E-state index is 0.283. The van der Waals surface area contributed by atoms with Gasteiger partial charge in [0.25, 0.3) is 0 Å². The zero-order valence-corrected chi connectivity index (χ0v) is 15.2. The molecule has 0 saturated carbocycles. The smallest absolute Gasteiger partial charge is 0.225 e. The van der Waals surface area contributed by atoms with Crippen molar-refractivity contribution in [3.8, 4) is 5.75 Å². The van der Waals surface area contributed by atoms with Gasteiger partial charge in [0.05, 0.1) is 12.5 Å². The maximum atomic E-state index is 6.15. The maximum absolute atomic E-state index is 6.15. The quantitative estimate of drug-likeness (QED) is 0.651. The van der Waals surface area contributed by atoms with E-state index in [4.69, 9.17) is 16.3 Å². The Balaban J connectivity index is 1.78. The van der Waals surface area contributed by atoms with Gasteiger partial charge in [-0.25, -0.2) is 4.98 Å². The summed E-state index contributed by atoms with van der Waals surface area (Å²) in [6.45, 7) is 2.31. The number of hydrogen-bond donors (Lipinski definition) is 1. The van der Waals surface area contributed by atoms with Gasteiger partial charge in [-0.1, -0.05) is 6.92 Å². The van der Waals surface area contributed by atoms with Crippen molar-refractivity contribution in [2.75, 3.05) is 12.4 Å². The maximum Gasteiger partial charge on any atom is 0.225 e. The first kappa shape index (κ1) is 15.7. The summed E-state index contributed by atoms with van der Waals surface area (Å²) in [5.74, 6) is 2.35. The average molecular weight is 360 g/mol. The van der Waals surface area contributed by atoms with Crippen molar-refractivity contribution < 1.29 is 4.74 Å². The third kappa shape index (κ3) is 2.82. The van der Waals surface area contributed by atoms with Crippen LogP contribution in [0, 0.1) is 5.92 Å². The van der Waals surface area contributed by atoms with Crippen molar-refractivity contribution in [1.29, 1.82) is 0 Å². The monoisotopic (exact) mass is 359 g/mol. The van der Waals surface area contributed by atoms with E-state index < -0.39 is 0 Å². The first-order valence-corrected chi connectivity index (χ1v) is 9.22. The fourth-order valence-electron chi connectivity index (χ4n) is 3.22. The van der Waals surface area contributed by atoms with Crippen LogP contribution in [0.15, 0.2) is 24.3 Å². The van der Waals surface area contributed by atoms with Crippen LogP contribution >= 0.6 is 22.9 Å². The largest absolute Gasteiger partial charge is 0.497 e. The number of ether oxygens (including phenoxy) is 1. The van der Waals surface area contributed by atoms with Crippen LogP contribution in [0.4, 0.5) is 11.5 Å². The predicted octanol–water partition coefficient (Wildman–Crippen LogP) is 5.22. The van der Waals surface area contributed by atoms with Crippen molar-refractivity contribution in [2.24, 2.45) is 5.92 Å². The first-order chi connectivity index (χ1) is 11.6. The summed E-state index contributed by atoms with van der Waals surface area (Å²) in [7, 11) is 1.66. The number of thiophene rings is 1. The highest BCUT2D eigenvalue weighted by atomic mass is 35.5. The number of methoxy groups -OCH3 is 1. The zero-order chi connectivity index (χ0) is 16.7. The van der Waals surface area contributed by atoms with E-state index in [1.54, 1.807) is 18.4 Å². The fourth-order valence-corrected chi connectivity index (χ4v) is 4.82. The Morgan fingerprint density at radius 1 is 1.25 bits per heavy atom. The topological polar surface area (TPSA) is 47.0 Å². The summed E-state index contributed by atoms with van der Waals surface area (Å²) < 4.78 is 5.21. The van der Waals surface area contributed by atoms with E-state index in [-0.39, 0.29) is 5.28 Å². The molecular weight excluding hydrogens is 342 g/mol. The molecule has 0 bridgehead atoms. The normalized spacial score (nSPS) is 16.9. The average Bonchev–Trinajstić information content (AvgIpc) is 2.92. The Kier molecular flexibility index (Phi) is 4.06. The van der Waals surface area contributed by atoms with Crippen molar-refractivity contribution in [1.82, 2.24) is 9.97 Å². The highest BCUT2D eigenvalue weighted by Gasteiger charge is 2.23. The molecule has 24 heavy (non-hydrogen) atoms. The van der Waals surface area contributed by atoms with Gasteiger partial charge in [0.15, 0.2) is 0 Å². The number of aromatic nitrogens is 2. The number of anilines is 2. The molecule has 2 aromatic heterocycles. The number of fused-ring (bicyclic) bond motifs is 3. The third-order valence-electron chi connectivity index (χ3n) is 4.48. The molecule has 1 atom stereocenters. The first-order valence-electron chi connectivity index (χ1n) is 8.03. The highest BCUT2D eigenvalue weighted by Crippen LogP contribution is 2.41. The van der Waals surface area contributed by atoms with Crippen molar-refractivity contribution >= 4 is 44.7 Å². The van der Waals surface area contributed by atoms with Crippen molar-refractivity contribution in [3.63, 3.8) is 0 Å². The molecule has 3 aromatic rings. The van der Waals surface area contributed by atoms with E-state index in [1.807, 2.05) is 24.3 Å². The van der Waals surface area contributed by atoms with Crippen LogP contribution in [-0.4, -0.2) is 17.1 Å². The van der Waals surface area contributed by atoms with Gasteiger partial charge >= 0.3 is 0 Å². The third-order valence-corrected chi connectivity index (χ3v) is 5.80. The number of nitrogens with one attached hydrogen (secondary N) is 1. The molecular formula is C18H18ClN3OS. The number of hydrogen-bond acceptors (Lipinski definition) is 5. The highest BCUT2D eigenvalue weighted by molar-refractivity contribution is 7.19. The molecule has 0 amide bonds. The second kappa shape index (κ2) is 6.22. The van der Waals surface area contributed by atoms with Gasteiger partial charge in [-0.15, -0.1) is 11.3 Å². The van der Waals surface area contributed by atoms with Crippen LogP contribution in [0.1, 0.15) is 23.8 Å². The van der Waals surface area contributed by atoms with Gasteiger partial charge in [0.1, 0.15) is 16.4 Å². The molecule has 0 radical (unpaired) electrons. The molecule has 2 heterocycles. The van der Waals surface area contributed by atoms with E-state index in [1.165, 1.54) is 16.9 Å². The van der Waals surface area contributed by atoms with Crippen LogP contribution < -0.4 is 10.1 Å². The van der Waals surface area contributed by atoms with Gasteiger partial charge < -0.3 is 10.1 Å². The van der Waals surface area contributed by atoms with E-state index in [9.17, 15) is 0 Å². The Bertz CT molecular complexity index is 891. The van der Waals surface area contributed by atoms with Gasteiger partial charge in [0.2, 0.25) is 5.28 Å². The Hall–Kier alpha value is -1.85. The van der Waals surface area contributed by atoms with Crippen LogP contribution in [-0.2, 0) is 12.8 Å². The Morgan fingerprint density at radius 2 is 2.04 bits per heavy atom. The number of aryl methyl sites for hydroxylation is 1. The van der Waals surface area contributed by atoms with Crippen molar-refractivity contribution in [2.45, 2.75) is 26.2 Å². The molecule has 0 aliphatic heterocycles. The zero-order valence-electron chi connectivity index (χ0n) is 13.6. The lowest BCUT2D eigenvalue weighted by molar-refractivity contribution is 0.415. The second-order valence-electron chi connectivity index (χ2n) is 6.23. The SMILES string of the molecule is COc1ccc(Nc2nc(Cl)nc3sc4c(c23)CCC(C)C4)cc1. The lowest BCUT2D eigenvalue weighted by Crippen LogP contribution is -2.09. The number of benzene rings is 1. The molecule has 4 rings (SSSR count).